The summed E-state index contributed by atoms with van der Waals surface area (Å²) in [4.78, 5) is 34.9. The third-order valence-corrected chi connectivity index (χ3v) is 7.32. The molecule has 1 fully saturated rings. The molecule has 1 aliphatic rings. The third kappa shape index (κ3) is 13.5. The lowest BCUT2D eigenvalue weighted by atomic mass is 10.0. The summed E-state index contributed by atoms with van der Waals surface area (Å²) in [5.41, 5.74) is 1.05. The Hall–Kier alpha value is -4.07. The highest BCUT2D eigenvalue weighted by Crippen LogP contribution is 2.24. The largest absolute Gasteiger partial charge is 0.494 e. The summed E-state index contributed by atoms with van der Waals surface area (Å²) >= 11 is 0. The number of hydrogen-bond acceptors (Lipinski definition) is 8. The van der Waals surface area contributed by atoms with E-state index >= 15 is 0 Å². The van der Waals surface area contributed by atoms with Gasteiger partial charge in [-0.15, -0.1) is 0 Å². The molecule has 1 heterocycles. The van der Waals surface area contributed by atoms with Gasteiger partial charge in [0.25, 0.3) is 0 Å². The van der Waals surface area contributed by atoms with E-state index in [-0.39, 0.29) is 18.0 Å². The highest BCUT2D eigenvalue weighted by Gasteiger charge is 2.26. The first-order valence-corrected chi connectivity index (χ1v) is 15.8. The molecule has 1 atom stereocenters. The fraction of sp³-hybridized carbons (Fsp3) is 0.472. The van der Waals surface area contributed by atoms with Crippen LogP contribution in [-0.4, -0.2) is 43.8 Å². The van der Waals surface area contributed by atoms with Crippen LogP contribution in [0.25, 0.3) is 0 Å². The number of benzene rings is 2. The highest BCUT2D eigenvalue weighted by molar-refractivity contribution is 5.91. The van der Waals surface area contributed by atoms with Gasteiger partial charge < -0.3 is 23.7 Å². The molecule has 3 rings (SSSR count). The Balaban J connectivity index is 1.20. The number of carbonyl (C=O) groups excluding carboxylic acids is 3. The molecule has 0 spiro atoms. The van der Waals surface area contributed by atoms with Crippen LogP contribution in [0.3, 0.4) is 0 Å². The second-order valence-electron chi connectivity index (χ2n) is 11.0. The normalized spacial score (nSPS) is 14.1. The van der Waals surface area contributed by atoms with E-state index in [1.54, 1.807) is 48.5 Å². The highest BCUT2D eigenvalue weighted by atomic mass is 16.6. The molecule has 0 bridgehead atoms. The van der Waals surface area contributed by atoms with Crippen molar-refractivity contribution in [2.45, 2.75) is 89.6 Å². The Kier molecular flexibility index (Phi) is 15.6. The smallest absolute Gasteiger partial charge is 0.343 e. The minimum Gasteiger partial charge on any atom is -0.494 e. The minimum absolute atomic E-state index is 0.0245. The fourth-order valence-corrected chi connectivity index (χ4v) is 4.78. The van der Waals surface area contributed by atoms with Gasteiger partial charge in [0.05, 0.1) is 25.4 Å². The van der Waals surface area contributed by atoms with Crippen LogP contribution in [0.15, 0.2) is 73.3 Å². The monoisotopic (exact) mass is 606 g/mol. The van der Waals surface area contributed by atoms with Crippen LogP contribution in [0.4, 0.5) is 0 Å². The average Bonchev–Trinajstić information content (AvgIpc) is 3.36. The van der Waals surface area contributed by atoms with Crippen molar-refractivity contribution in [1.29, 1.82) is 0 Å². The molecule has 0 N–H and O–H groups in total. The molecule has 8 nitrogen and oxygen atoms in total. The van der Waals surface area contributed by atoms with Crippen LogP contribution < -0.4 is 14.2 Å². The lowest BCUT2D eigenvalue weighted by Gasteiger charge is -2.09. The number of unbranched alkanes of at least 4 members (excludes halogenated alkanes) is 9. The quantitative estimate of drug-likeness (QED) is 0.0577. The van der Waals surface area contributed by atoms with Gasteiger partial charge in [0.15, 0.2) is 0 Å². The zero-order valence-electron chi connectivity index (χ0n) is 25.8. The van der Waals surface area contributed by atoms with Gasteiger partial charge in [0, 0.05) is 18.1 Å². The van der Waals surface area contributed by atoms with Crippen molar-refractivity contribution >= 4 is 17.9 Å². The number of carbonyl (C=O) groups is 3. The molecule has 2 aromatic carbocycles. The van der Waals surface area contributed by atoms with Crippen LogP contribution >= 0.6 is 0 Å². The van der Waals surface area contributed by atoms with Crippen LogP contribution in [0, 0.1) is 0 Å². The molecule has 44 heavy (non-hydrogen) atoms. The van der Waals surface area contributed by atoms with Crippen molar-refractivity contribution < 1.29 is 38.1 Å². The fourth-order valence-electron chi connectivity index (χ4n) is 4.78. The molecule has 1 unspecified atom stereocenters. The Morgan fingerprint density at radius 2 is 1.23 bits per heavy atom. The lowest BCUT2D eigenvalue weighted by Crippen LogP contribution is -2.08. The van der Waals surface area contributed by atoms with E-state index in [2.05, 4.69) is 13.2 Å². The van der Waals surface area contributed by atoms with Crippen molar-refractivity contribution in [2.75, 3.05) is 19.8 Å². The van der Waals surface area contributed by atoms with Crippen molar-refractivity contribution in [3.63, 3.8) is 0 Å². The van der Waals surface area contributed by atoms with E-state index in [0.29, 0.717) is 43.1 Å². The first kappa shape index (κ1) is 34.4. The summed E-state index contributed by atoms with van der Waals surface area (Å²) in [5.74, 6) is 0.858. The minimum atomic E-state index is -0.430. The van der Waals surface area contributed by atoms with Gasteiger partial charge in [0.2, 0.25) is 0 Å². The standard InChI is InChI=1S/C36H46O8/c1-3-34(37)42-26-14-10-6-9-13-25-41-31-20-22-32(23-21-31)43-36(39)29-16-18-30(19-17-29)40-24-12-8-5-4-7-11-15-33-27-28(2)35(38)44-33/h3,16-23,33H,1-2,4-15,24-27H2. The van der Waals surface area contributed by atoms with E-state index in [1.165, 1.54) is 6.08 Å². The molecular weight excluding hydrogens is 560 g/mol. The number of hydrogen-bond donors (Lipinski definition) is 0. The van der Waals surface area contributed by atoms with E-state index in [9.17, 15) is 14.4 Å². The van der Waals surface area contributed by atoms with Gasteiger partial charge >= 0.3 is 17.9 Å². The first-order valence-electron chi connectivity index (χ1n) is 15.8. The predicted octanol–water partition coefficient (Wildman–Crippen LogP) is 7.95. The summed E-state index contributed by atoms with van der Waals surface area (Å²) < 4.78 is 27.3. The Bertz CT molecular complexity index is 1170. The number of rotatable bonds is 22. The van der Waals surface area contributed by atoms with Crippen molar-refractivity contribution in [2.24, 2.45) is 0 Å². The summed E-state index contributed by atoms with van der Waals surface area (Å²) in [6.07, 6.45) is 14.3. The second-order valence-corrected chi connectivity index (χ2v) is 11.0. The number of esters is 3. The molecular formula is C36H46O8. The van der Waals surface area contributed by atoms with Crippen molar-refractivity contribution in [3.8, 4) is 17.2 Å². The van der Waals surface area contributed by atoms with Crippen LogP contribution in [0.2, 0.25) is 0 Å². The summed E-state index contributed by atoms with van der Waals surface area (Å²) in [7, 11) is 0. The maximum Gasteiger partial charge on any atom is 0.343 e. The van der Waals surface area contributed by atoms with Gasteiger partial charge in [-0.25, -0.2) is 14.4 Å². The third-order valence-electron chi connectivity index (χ3n) is 7.32. The van der Waals surface area contributed by atoms with Crippen molar-refractivity contribution in [3.05, 3.63) is 78.9 Å². The molecule has 8 heteroatoms. The molecule has 0 aliphatic carbocycles. The van der Waals surface area contributed by atoms with Gasteiger partial charge in [-0.3, -0.25) is 0 Å². The van der Waals surface area contributed by atoms with Gasteiger partial charge in [-0.1, -0.05) is 58.1 Å². The number of cyclic esters (lactones) is 1. The Morgan fingerprint density at radius 3 is 1.77 bits per heavy atom. The van der Waals surface area contributed by atoms with Crippen LogP contribution in [0.1, 0.15) is 93.8 Å². The topological polar surface area (TPSA) is 97.4 Å². The first-order chi connectivity index (χ1) is 21.4. The van der Waals surface area contributed by atoms with Gasteiger partial charge in [-0.05, 0) is 80.6 Å². The number of ether oxygens (including phenoxy) is 5. The molecule has 2 aromatic rings. The van der Waals surface area contributed by atoms with Crippen LogP contribution in [-0.2, 0) is 19.1 Å². The van der Waals surface area contributed by atoms with E-state index in [0.717, 1.165) is 88.5 Å². The van der Waals surface area contributed by atoms with Crippen LogP contribution in [0.5, 0.6) is 17.2 Å². The second kappa shape index (κ2) is 20.0. The SMILES string of the molecule is C=CC(=O)OCCCCCCCOc1ccc(OC(=O)c2ccc(OCCCCCCCCC3CC(=C)C(=O)O3)cc2)cc1. The maximum atomic E-state index is 12.6. The predicted molar refractivity (Wildman–Crippen MR) is 169 cm³/mol. The van der Waals surface area contributed by atoms with E-state index in [4.69, 9.17) is 23.7 Å². The lowest BCUT2D eigenvalue weighted by molar-refractivity contribution is -0.139. The molecule has 1 aliphatic heterocycles. The Labute approximate surface area is 261 Å². The average molecular weight is 607 g/mol. The maximum absolute atomic E-state index is 12.6. The molecule has 0 amide bonds. The molecule has 0 saturated carbocycles. The van der Waals surface area contributed by atoms with Gasteiger partial charge in [0.1, 0.15) is 23.4 Å². The summed E-state index contributed by atoms with van der Waals surface area (Å²) in [6, 6.07) is 14.0. The van der Waals surface area contributed by atoms with Crippen molar-refractivity contribution in [1.82, 2.24) is 0 Å². The molecule has 238 valence electrons. The summed E-state index contributed by atoms with van der Waals surface area (Å²) in [5, 5.41) is 0. The van der Waals surface area contributed by atoms with E-state index in [1.807, 2.05) is 0 Å². The summed E-state index contributed by atoms with van der Waals surface area (Å²) in [6.45, 7) is 8.77. The zero-order valence-corrected chi connectivity index (χ0v) is 25.8. The Morgan fingerprint density at radius 1 is 0.727 bits per heavy atom. The molecule has 0 aromatic heterocycles. The van der Waals surface area contributed by atoms with Gasteiger partial charge in [-0.2, -0.15) is 0 Å². The molecule has 1 saturated heterocycles. The van der Waals surface area contributed by atoms with E-state index < -0.39 is 5.97 Å². The molecule has 0 radical (unpaired) electrons. The zero-order chi connectivity index (χ0) is 31.4.